The Balaban J connectivity index is 1.82. The molecule has 0 unspecified atom stereocenters. The van der Waals surface area contributed by atoms with Crippen molar-refractivity contribution in [3.63, 3.8) is 0 Å². The summed E-state index contributed by atoms with van der Waals surface area (Å²) >= 11 is 3.44. The summed E-state index contributed by atoms with van der Waals surface area (Å²) in [6.07, 6.45) is 15.0. The Morgan fingerprint density at radius 1 is 0.667 bits per heavy atom. The highest BCUT2D eigenvalue weighted by atomic mass is 32.2. The number of amides is 2. The first-order chi connectivity index (χ1) is 12.9. The van der Waals surface area contributed by atoms with E-state index in [1.165, 1.54) is 81.9 Å². The van der Waals surface area contributed by atoms with Crippen molar-refractivity contribution < 1.29 is 9.59 Å². The standard InChI is InChI=1S/C22H35NO2S2/c1-22(2,3)23-20(24)18(26-16-12-8-5-4-6-9-13-16)19(21(23)25)27-17-14-10-7-11-15-17/h16-17H,4-15H2,1-3H3. The molecule has 0 bridgehead atoms. The summed E-state index contributed by atoms with van der Waals surface area (Å²) in [6.45, 7) is 5.90. The number of carbonyl (C=O) groups excluding carboxylic acids is 2. The van der Waals surface area contributed by atoms with E-state index in [1.54, 1.807) is 23.5 Å². The van der Waals surface area contributed by atoms with Crippen molar-refractivity contribution in [3.8, 4) is 0 Å². The molecular weight excluding hydrogens is 374 g/mol. The minimum absolute atomic E-state index is 0.0436. The quantitative estimate of drug-likeness (QED) is 0.512. The number of hydrogen-bond donors (Lipinski definition) is 0. The van der Waals surface area contributed by atoms with Gasteiger partial charge in [0.25, 0.3) is 11.8 Å². The van der Waals surface area contributed by atoms with Crippen LogP contribution in [0.5, 0.6) is 0 Å². The van der Waals surface area contributed by atoms with Crippen LogP contribution in [-0.2, 0) is 9.59 Å². The zero-order valence-electron chi connectivity index (χ0n) is 17.2. The molecule has 2 fully saturated rings. The molecule has 1 heterocycles. The first kappa shape index (κ1) is 21.3. The lowest BCUT2D eigenvalue weighted by atomic mass is 10.0. The molecule has 3 aliphatic rings. The Morgan fingerprint density at radius 3 is 1.37 bits per heavy atom. The van der Waals surface area contributed by atoms with Crippen molar-refractivity contribution >= 4 is 35.3 Å². The van der Waals surface area contributed by atoms with E-state index >= 15 is 0 Å². The van der Waals surface area contributed by atoms with Gasteiger partial charge in [0, 0.05) is 16.0 Å². The molecule has 0 saturated heterocycles. The van der Waals surface area contributed by atoms with Crippen LogP contribution < -0.4 is 0 Å². The van der Waals surface area contributed by atoms with Crippen LogP contribution in [0, 0.1) is 0 Å². The third-order valence-corrected chi connectivity index (χ3v) is 8.81. The van der Waals surface area contributed by atoms with Crippen molar-refractivity contribution in [2.24, 2.45) is 0 Å². The summed E-state index contributed by atoms with van der Waals surface area (Å²) in [7, 11) is 0. The van der Waals surface area contributed by atoms with Gasteiger partial charge in [0.05, 0.1) is 9.81 Å². The fraction of sp³-hybridized carbons (Fsp3) is 0.818. The lowest BCUT2D eigenvalue weighted by Crippen LogP contribution is -2.46. The number of rotatable bonds is 4. The van der Waals surface area contributed by atoms with Crippen molar-refractivity contribution in [2.45, 2.75) is 114 Å². The van der Waals surface area contributed by atoms with Crippen LogP contribution in [0.4, 0.5) is 0 Å². The van der Waals surface area contributed by atoms with E-state index in [-0.39, 0.29) is 11.8 Å². The van der Waals surface area contributed by atoms with Crippen LogP contribution in [-0.4, -0.2) is 32.8 Å². The first-order valence-electron chi connectivity index (χ1n) is 10.8. The van der Waals surface area contributed by atoms with Gasteiger partial charge >= 0.3 is 0 Å². The van der Waals surface area contributed by atoms with Crippen LogP contribution in [0.2, 0.25) is 0 Å². The largest absolute Gasteiger partial charge is 0.269 e. The molecular formula is C22H35NO2S2. The molecule has 0 radical (unpaired) electrons. The molecule has 0 spiro atoms. The van der Waals surface area contributed by atoms with E-state index in [9.17, 15) is 9.59 Å². The molecule has 0 aromatic carbocycles. The lowest BCUT2D eigenvalue weighted by Gasteiger charge is -2.30. The fourth-order valence-corrected chi connectivity index (χ4v) is 7.23. The molecule has 1 aliphatic heterocycles. The maximum Gasteiger partial charge on any atom is 0.269 e. The number of thioether (sulfide) groups is 2. The van der Waals surface area contributed by atoms with Gasteiger partial charge < -0.3 is 0 Å². The third kappa shape index (κ3) is 5.35. The van der Waals surface area contributed by atoms with Gasteiger partial charge in [0.1, 0.15) is 0 Å². The number of imide groups is 1. The van der Waals surface area contributed by atoms with E-state index in [2.05, 4.69) is 0 Å². The van der Waals surface area contributed by atoms with Gasteiger partial charge in [-0.25, -0.2) is 0 Å². The summed E-state index contributed by atoms with van der Waals surface area (Å²) in [5, 5.41) is 0.984. The molecule has 5 heteroatoms. The van der Waals surface area contributed by atoms with Gasteiger partial charge in [-0.15, -0.1) is 23.5 Å². The van der Waals surface area contributed by atoms with Crippen LogP contribution in [0.3, 0.4) is 0 Å². The van der Waals surface area contributed by atoms with Crippen LogP contribution in [0.25, 0.3) is 0 Å². The van der Waals surface area contributed by atoms with E-state index in [0.717, 1.165) is 9.81 Å². The number of carbonyl (C=O) groups is 2. The van der Waals surface area contributed by atoms with Crippen molar-refractivity contribution in [1.82, 2.24) is 4.90 Å². The molecule has 27 heavy (non-hydrogen) atoms. The molecule has 3 rings (SSSR count). The summed E-state index contributed by atoms with van der Waals surface area (Å²) in [4.78, 5) is 29.5. The predicted octanol–water partition coefficient (Wildman–Crippen LogP) is 6.28. The van der Waals surface area contributed by atoms with Gasteiger partial charge in [0.15, 0.2) is 0 Å². The van der Waals surface area contributed by atoms with Crippen LogP contribution in [0.1, 0.15) is 97.8 Å². The molecule has 152 valence electrons. The van der Waals surface area contributed by atoms with E-state index in [4.69, 9.17) is 0 Å². The molecule has 2 saturated carbocycles. The number of nitrogens with zero attached hydrogens (tertiary/aromatic N) is 1. The minimum Gasteiger partial charge on any atom is -0.268 e. The second-order valence-corrected chi connectivity index (χ2v) is 11.9. The first-order valence-corrected chi connectivity index (χ1v) is 12.6. The average molecular weight is 410 g/mol. The van der Waals surface area contributed by atoms with E-state index in [0.29, 0.717) is 10.5 Å². The van der Waals surface area contributed by atoms with Crippen molar-refractivity contribution in [2.75, 3.05) is 0 Å². The normalized spacial score (nSPS) is 24.5. The van der Waals surface area contributed by atoms with Gasteiger partial charge in [-0.3, -0.25) is 14.5 Å². The zero-order valence-corrected chi connectivity index (χ0v) is 18.9. The van der Waals surface area contributed by atoms with Gasteiger partial charge in [0.2, 0.25) is 0 Å². The minimum atomic E-state index is -0.463. The maximum atomic E-state index is 13.3. The highest BCUT2D eigenvalue weighted by molar-refractivity contribution is 8.08. The topological polar surface area (TPSA) is 37.4 Å². The zero-order chi connectivity index (χ0) is 19.4. The second kappa shape index (κ2) is 9.39. The Hall–Kier alpha value is -0.420. The molecule has 0 N–H and O–H groups in total. The number of hydrogen-bond acceptors (Lipinski definition) is 4. The molecule has 3 nitrogen and oxygen atoms in total. The van der Waals surface area contributed by atoms with Crippen LogP contribution in [0.15, 0.2) is 9.81 Å². The predicted molar refractivity (Wildman–Crippen MR) is 117 cm³/mol. The molecule has 2 amide bonds. The molecule has 0 aromatic heterocycles. The summed E-state index contributed by atoms with van der Waals surface area (Å²) < 4.78 is 0. The summed E-state index contributed by atoms with van der Waals surface area (Å²) in [5.74, 6) is -0.0886. The summed E-state index contributed by atoms with van der Waals surface area (Å²) in [5.41, 5.74) is -0.463. The third-order valence-electron chi connectivity index (χ3n) is 5.85. The Bertz CT molecular complexity index is 580. The fourth-order valence-electron chi connectivity index (χ4n) is 4.36. The SMILES string of the molecule is CC(C)(C)N1C(=O)C(SC2CCCCCCC2)=C(SC2CCCCC2)C1=O. The second-order valence-electron chi connectivity index (χ2n) is 9.24. The average Bonchev–Trinajstić information content (AvgIpc) is 2.81. The smallest absolute Gasteiger partial charge is 0.268 e. The van der Waals surface area contributed by atoms with Gasteiger partial charge in [-0.05, 0) is 46.5 Å². The van der Waals surface area contributed by atoms with Crippen LogP contribution >= 0.6 is 23.5 Å². The van der Waals surface area contributed by atoms with E-state index < -0.39 is 5.54 Å². The molecule has 0 aromatic rings. The van der Waals surface area contributed by atoms with Gasteiger partial charge in [-0.2, -0.15) is 0 Å². The molecule has 0 atom stereocenters. The van der Waals surface area contributed by atoms with Crippen molar-refractivity contribution in [3.05, 3.63) is 9.81 Å². The van der Waals surface area contributed by atoms with E-state index in [1.807, 2.05) is 20.8 Å². The highest BCUT2D eigenvalue weighted by Gasteiger charge is 2.45. The van der Waals surface area contributed by atoms with Crippen molar-refractivity contribution in [1.29, 1.82) is 0 Å². The summed E-state index contributed by atoms with van der Waals surface area (Å²) in [6, 6.07) is 0. The Labute approximate surface area is 173 Å². The highest BCUT2D eigenvalue weighted by Crippen LogP contribution is 2.46. The lowest BCUT2D eigenvalue weighted by molar-refractivity contribution is -0.142. The van der Waals surface area contributed by atoms with Gasteiger partial charge in [-0.1, -0.05) is 51.4 Å². The monoisotopic (exact) mass is 409 g/mol. The Kier molecular flexibility index (Phi) is 7.40. The Morgan fingerprint density at radius 2 is 1.00 bits per heavy atom. The molecule has 2 aliphatic carbocycles. The maximum absolute atomic E-state index is 13.3.